The van der Waals surface area contributed by atoms with Gasteiger partial charge in [-0.05, 0) is 29.2 Å². The van der Waals surface area contributed by atoms with Crippen LogP contribution in [-0.4, -0.2) is 10.0 Å². The number of benzene rings is 2. The predicted octanol–water partition coefficient (Wildman–Crippen LogP) is 3.23. The average molecular weight is 287 g/mol. The van der Waals surface area contributed by atoms with E-state index in [2.05, 4.69) is 6.92 Å². The smallest absolute Gasteiger partial charge is 0.311 e. The van der Waals surface area contributed by atoms with Gasteiger partial charge in [0.1, 0.15) is 6.61 Å². The molecule has 0 unspecified atom stereocenters. The van der Waals surface area contributed by atoms with Crippen molar-refractivity contribution in [3.63, 3.8) is 0 Å². The number of nitro groups is 1. The fraction of sp³-hybridized carbons (Fsp3) is 0.250. The summed E-state index contributed by atoms with van der Waals surface area (Å²) in [5, 5.41) is 20.1. The maximum Gasteiger partial charge on any atom is 0.311 e. The Morgan fingerprint density at radius 3 is 2.29 bits per heavy atom. The highest BCUT2D eigenvalue weighted by Gasteiger charge is 2.15. The van der Waals surface area contributed by atoms with E-state index in [1.165, 1.54) is 17.7 Å². The van der Waals surface area contributed by atoms with E-state index in [4.69, 9.17) is 9.84 Å². The molecule has 0 bridgehead atoms. The molecule has 0 heterocycles. The van der Waals surface area contributed by atoms with Gasteiger partial charge in [0.25, 0.3) is 0 Å². The lowest BCUT2D eigenvalue weighted by molar-refractivity contribution is -0.386. The topological polar surface area (TPSA) is 72.6 Å². The molecular formula is C16H17NO4. The predicted molar refractivity (Wildman–Crippen MR) is 79.2 cm³/mol. The fourth-order valence-electron chi connectivity index (χ4n) is 1.96. The molecule has 21 heavy (non-hydrogen) atoms. The van der Waals surface area contributed by atoms with Gasteiger partial charge in [-0.15, -0.1) is 0 Å². The molecule has 0 aliphatic heterocycles. The summed E-state index contributed by atoms with van der Waals surface area (Å²) in [6, 6.07) is 12.4. The van der Waals surface area contributed by atoms with Gasteiger partial charge in [-0.25, -0.2) is 0 Å². The molecule has 1 N–H and O–H groups in total. The molecule has 0 aromatic heterocycles. The maximum absolute atomic E-state index is 11.0. The molecular weight excluding hydrogens is 270 g/mol. The van der Waals surface area contributed by atoms with E-state index in [0.29, 0.717) is 5.56 Å². The maximum atomic E-state index is 11.0. The van der Waals surface area contributed by atoms with Gasteiger partial charge < -0.3 is 9.84 Å². The first-order valence-electron chi connectivity index (χ1n) is 6.72. The van der Waals surface area contributed by atoms with Crippen LogP contribution in [0.5, 0.6) is 5.75 Å². The lowest BCUT2D eigenvalue weighted by atomic mass is 10.1. The first-order valence-corrected chi connectivity index (χ1v) is 6.72. The number of hydrogen-bond donors (Lipinski definition) is 1. The first-order chi connectivity index (χ1) is 10.1. The van der Waals surface area contributed by atoms with Gasteiger partial charge in [0.05, 0.1) is 11.5 Å². The molecule has 110 valence electrons. The summed E-state index contributed by atoms with van der Waals surface area (Å²) >= 11 is 0. The van der Waals surface area contributed by atoms with E-state index in [-0.39, 0.29) is 24.7 Å². The summed E-state index contributed by atoms with van der Waals surface area (Å²) in [5.41, 5.74) is 2.54. The summed E-state index contributed by atoms with van der Waals surface area (Å²) in [5.74, 6) is 0.205. The van der Waals surface area contributed by atoms with Crippen LogP contribution >= 0.6 is 0 Å². The minimum atomic E-state index is -0.505. The second-order valence-corrected chi connectivity index (χ2v) is 4.68. The lowest BCUT2D eigenvalue weighted by Gasteiger charge is -2.08. The molecule has 0 aliphatic rings. The summed E-state index contributed by atoms with van der Waals surface area (Å²) < 4.78 is 5.53. The largest absolute Gasteiger partial charge is 0.482 e. The zero-order valence-corrected chi connectivity index (χ0v) is 11.8. The highest BCUT2D eigenvalue weighted by molar-refractivity contribution is 5.48. The van der Waals surface area contributed by atoms with Crippen molar-refractivity contribution >= 4 is 5.69 Å². The van der Waals surface area contributed by atoms with Crippen molar-refractivity contribution in [2.75, 3.05) is 0 Å². The minimum Gasteiger partial charge on any atom is -0.482 e. The zero-order valence-electron chi connectivity index (χ0n) is 11.8. The quantitative estimate of drug-likeness (QED) is 0.654. The van der Waals surface area contributed by atoms with Gasteiger partial charge >= 0.3 is 5.69 Å². The number of aliphatic hydroxyl groups excluding tert-OH is 1. The third-order valence-electron chi connectivity index (χ3n) is 3.23. The van der Waals surface area contributed by atoms with E-state index in [1.54, 1.807) is 6.07 Å². The molecule has 2 rings (SSSR count). The molecule has 0 saturated carbocycles. The van der Waals surface area contributed by atoms with Gasteiger partial charge in [0, 0.05) is 6.07 Å². The normalized spacial score (nSPS) is 10.4. The SMILES string of the molecule is CCc1ccc(COc2ccc(CO)cc2[N+](=O)[O-])cc1. The molecule has 0 fully saturated rings. The van der Waals surface area contributed by atoms with E-state index >= 15 is 0 Å². The summed E-state index contributed by atoms with van der Waals surface area (Å²) in [6.07, 6.45) is 0.967. The lowest BCUT2D eigenvalue weighted by Crippen LogP contribution is -2.00. The molecule has 0 spiro atoms. The third-order valence-corrected chi connectivity index (χ3v) is 3.23. The van der Waals surface area contributed by atoms with Gasteiger partial charge in [-0.3, -0.25) is 10.1 Å². The molecule has 0 aliphatic carbocycles. The number of nitro benzene ring substituents is 1. The Hall–Kier alpha value is -2.40. The summed E-state index contributed by atoms with van der Waals surface area (Å²) in [7, 11) is 0. The molecule has 0 radical (unpaired) electrons. The minimum absolute atomic E-state index is 0.133. The Labute approximate surface area is 123 Å². The second kappa shape index (κ2) is 6.85. The Balaban J connectivity index is 2.13. The van der Waals surface area contributed by atoms with E-state index < -0.39 is 4.92 Å². The van der Waals surface area contributed by atoms with E-state index in [9.17, 15) is 10.1 Å². The van der Waals surface area contributed by atoms with Crippen molar-refractivity contribution in [2.24, 2.45) is 0 Å². The number of ether oxygens (including phenoxy) is 1. The van der Waals surface area contributed by atoms with Crippen LogP contribution in [-0.2, 0) is 19.6 Å². The van der Waals surface area contributed by atoms with Crippen LogP contribution in [0.2, 0.25) is 0 Å². The van der Waals surface area contributed by atoms with E-state index in [0.717, 1.165) is 12.0 Å². The van der Waals surface area contributed by atoms with Crippen LogP contribution < -0.4 is 4.74 Å². The Kier molecular flexibility index (Phi) is 4.90. The Morgan fingerprint density at radius 1 is 1.10 bits per heavy atom. The molecule has 0 saturated heterocycles. The summed E-state index contributed by atoms with van der Waals surface area (Å²) in [6.45, 7) is 2.11. The second-order valence-electron chi connectivity index (χ2n) is 4.68. The molecule has 2 aromatic carbocycles. The van der Waals surface area contributed by atoms with Gasteiger partial charge in [-0.1, -0.05) is 37.3 Å². The van der Waals surface area contributed by atoms with Crippen LogP contribution in [0.3, 0.4) is 0 Å². The van der Waals surface area contributed by atoms with Crippen molar-refractivity contribution in [2.45, 2.75) is 26.6 Å². The summed E-state index contributed by atoms with van der Waals surface area (Å²) in [4.78, 5) is 10.5. The van der Waals surface area contributed by atoms with Crippen molar-refractivity contribution in [3.8, 4) is 5.75 Å². The van der Waals surface area contributed by atoms with Crippen molar-refractivity contribution in [3.05, 3.63) is 69.3 Å². The number of hydrogen-bond acceptors (Lipinski definition) is 4. The highest BCUT2D eigenvalue weighted by atomic mass is 16.6. The number of rotatable bonds is 6. The average Bonchev–Trinajstić information content (AvgIpc) is 2.53. The Morgan fingerprint density at radius 2 is 1.71 bits per heavy atom. The van der Waals surface area contributed by atoms with Crippen LogP contribution in [0.15, 0.2) is 42.5 Å². The van der Waals surface area contributed by atoms with Crippen molar-refractivity contribution < 1.29 is 14.8 Å². The molecule has 0 atom stereocenters. The zero-order chi connectivity index (χ0) is 15.2. The standard InChI is InChI=1S/C16H17NO4/c1-2-12-3-5-13(6-4-12)11-21-16-8-7-14(10-18)9-15(16)17(19)20/h3-9,18H,2,10-11H2,1H3. The monoisotopic (exact) mass is 287 g/mol. The van der Waals surface area contributed by atoms with E-state index in [1.807, 2.05) is 24.3 Å². The molecule has 0 amide bonds. The fourth-order valence-corrected chi connectivity index (χ4v) is 1.96. The highest BCUT2D eigenvalue weighted by Crippen LogP contribution is 2.28. The van der Waals surface area contributed by atoms with Gasteiger partial charge in [0.15, 0.2) is 5.75 Å². The molecule has 5 heteroatoms. The van der Waals surface area contributed by atoms with Crippen LogP contribution in [0.4, 0.5) is 5.69 Å². The molecule has 2 aromatic rings. The van der Waals surface area contributed by atoms with Crippen molar-refractivity contribution in [1.82, 2.24) is 0 Å². The van der Waals surface area contributed by atoms with Crippen LogP contribution in [0.25, 0.3) is 0 Å². The van der Waals surface area contributed by atoms with Crippen molar-refractivity contribution in [1.29, 1.82) is 0 Å². The number of nitrogens with zero attached hydrogens (tertiary/aromatic N) is 1. The first kappa shape index (κ1) is 15.0. The van der Waals surface area contributed by atoms with Gasteiger partial charge in [0.2, 0.25) is 0 Å². The van der Waals surface area contributed by atoms with Gasteiger partial charge in [-0.2, -0.15) is 0 Å². The molecule has 5 nitrogen and oxygen atoms in total. The van der Waals surface area contributed by atoms with Crippen LogP contribution in [0, 0.1) is 10.1 Å². The number of aliphatic hydroxyl groups is 1. The number of aryl methyl sites for hydroxylation is 1. The third kappa shape index (κ3) is 3.79. The Bertz CT molecular complexity index is 623. The van der Waals surface area contributed by atoms with Crippen LogP contribution in [0.1, 0.15) is 23.6 Å².